The summed E-state index contributed by atoms with van der Waals surface area (Å²) in [4.78, 5) is 13.2. The Kier molecular flexibility index (Phi) is 6.96. The van der Waals surface area contributed by atoms with Crippen LogP contribution in [0.5, 0.6) is 0 Å². The summed E-state index contributed by atoms with van der Waals surface area (Å²) in [5.74, 6) is 0.599. The van der Waals surface area contributed by atoms with Crippen molar-refractivity contribution in [2.75, 3.05) is 16.8 Å². The Bertz CT molecular complexity index is 1310. The van der Waals surface area contributed by atoms with Crippen LogP contribution >= 0.6 is 10.6 Å². The van der Waals surface area contributed by atoms with Gasteiger partial charge in [0.1, 0.15) is 0 Å². The van der Waals surface area contributed by atoms with Crippen LogP contribution in [0.1, 0.15) is 85.9 Å². The molecule has 3 aromatic rings. The highest BCUT2D eigenvalue weighted by Crippen LogP contribution is 2.49. The van der Waals surface area contributed by atoms with Crippen molar-refractivity contribution in [1.29, 1.82) is 0 Å². The SMILES string of the molecule is CC1(C)CCc2c(C(=O)Nc3cnn(C(c4cccc(C(C)(C)O)c4)C4CCS(O)(O)CC4)c3)n[nH]c2C1. The summed E-state index contributed by atoms with van der Waals surface area (Å²) in [5.41, 5.74) is 4.03. The molecule has 1 atom stereocenters. The van der Waals surface area contributed by atoms with Gasteiger partial charge >= 0.3 is 0 Å². The molecule has 1 aromatic carbocycles. The largest absolute Gasteiger partial charge is 0.386 e. The van der Waals surface area contributed by atoms with Crippen LogP contribution in [0.2, 0.25) is 0 Å². The van der Waals surface area contributed by atoms with Gasteiger partial charge in [-0.3, -0.25) is 23.7 Å². The number of benzene rings is 1. The smallest absolute Gasteiger partial charge is 0.276 e. The number of H-pyrrole nitrogens is 1. The molecular weight excluding hydrogens is 502 g/mol. The summed E-state index contributed by atoms with van der Waals surface area (Å²) < 4.78 is 22.3. The quantitative estimate of drug-likeness (QED) is 0.285. The summed E-state index contributed by atoms with van der Waals surface area (Å²) in [7, 11) is -2.53. The lowest BCUT2D eigenvalue weighted by molar-refractivity contribution is 0.0784. The summed E-state index contributed by atoms with van der Waals surface area (Å²) in [5, 5.41) is 25.6. The van der Waals surface area contributed by atoms with Crippen LogP contribution in [0.15, 0.2) is 36.7 Å². The zero-order valence-corrected chi connectivity index (χ0v) is 23.4. The third kappa shape index (κ3) is 5.68. The number of hydrogen-bond donors (Lipinski definition) is 5. The number of aliphatic hydroxyl groups is 1. The minimum atomic E-state index is -2.53. The molecule has 2 aliphatic rings. The molecule has 1 aliphatic carbocycles. The number of aromatic nitrogens is 4. The topological polar surface area (TPSA) is 136 Å². The lowest BCUT2D eigenvalue weighted by atomic mass is 9.76. The van der Waals surface area contributed by atoms with Gasteiger partial charge in [0, 0.05) is 29.0 Å². The molecule has 0 spiro atoms. The maximum atomic E-state index is 13.2. The van der Waals surface area contributed by atoms with Crippen LogP contribution < -0.4 is 5.32 Å². The molecule has 206 valence electrons. The Morgan fingerprint density at radius 2 is 2.00 bits per heavy atom. The number of carbonyl (C=O) groups excluding carboxylic acids is 1. The van der Waals surface area contributed by atoms with Crippen LogP contribution in [-0.2, 0) is 18.4 Å². The van der Waals surface area contributed by atoms with E-state index in [1.807, 2.05) is 35.1 Å². The van der Waals surface area contributed by atoms with Gasteiger partial charge < -0.3 is 10.4 Å². The molecule has 0 bridgehead atoms. The molecule has 1 saturated heterocycles. The van der Waals surface area contributed by atoms with Gasteiger partial charge in [0.05, 0.1) is 23.5 Å². The molecule has 9 nitrogen and oxygen atoms in total. The number of nitrogens with zero attached hydrogens (tertiary/aromatic N) is 3. The van der Waals surface area contributed by atoms with E-state index in [9.17, 15) is 19.0 Å². The zero-order valence-electron chi connectivity index (χ0n) is 22.6. The lowest BCUT2D eigenvalue weighted by Crippen LogP contribution is -2.29. The Morgan fingerprint density at radius 1 is 1.26 bits per heavy atom. The number of fused-ring (bicyclic) bond motifs is 1. The molecule has 5 N–H and O–H groups in total. The molecule has 2 aromatic heterocycles. The standard InChI is InChI=1S/C28H39N5O4S/c1-27(2)11-8-22-23(15-27)31-32-24(22)26(34)30-21-16-29-33(17-21)25(18-9-12-38(36,37)13-10-18)19-6-5-7-20(14-19)28(3,4)35/h5-7,14,16-18,25,35-37H,8-13,15H2,1-4H3,(H,30,34)(H,31,32). The molecule has 3 heterocycles. The second kappa shape index (κ2) is 9.82. The van der Waals surface area contributed by atoms with Crippen LogP contribution in [0.3, 0.4) is 0 Å². The molecule has 38 heavy (non-hydrogen) atoms. The number of anilines is 1. The highest BCUT2D eigenvalue weighted by Gasteiger charge is 2.34. The summed E-state index contributed by atoms with van der Waals surface area (Å²) in [6, 6.07) is 7.66. The van der Waals surface area contributed by atoms with Crippen LogP contribution in [0.4, 0.5) is 5.69 Å². The van der Waals surface area contributed by atoms with E-state index in [0.29, 0.717) is 35.7 Å². The fraction of sp³-hybridized carbons (Fsp3) is 0.536. The Labute approximate surface area is 225 Å². The summed E-state index contributed by atoms with van der Waals surface area (Å²) >= 11 is 0. The average molecular weight is 542 g/mol. The summed E-state index contributed by atoms with van der Waals surface area (Å²) in [6.45, 7) is 7.97. The van der Waals surface area contributed by atoms with Gasteiger partial charge in [-0.2, -0.15) is 20.8 Å². The van der Waals surface area contributed by atoms with Crippen molar-refractivity contribution in [3.63, 3.8) is 0 Å². The first-order valence-electron chi connectivity index (χ1n) is 13.3. The number of aromatic amines is 1. The lowest BCUT2D eigenvalue weighted by Gasteiger charge is -2.41. The molecule has 0 radical (unpaired) electrons. The third-order valence-corrected chi connectivity index (χ3v) is 9.81. The Morgan fingerprint density at radius 3 is 2.71 bits per heavy atom. The molecule has 0 saturated carbocycles. The van der Waals surface area contributed by atoms with Gasteiger partial charge in [-0.15, -0.1) is 0 Å². The van der Waals surface area contributed by atoms with Gasteiger partial charge in [-0.05, 0) is 68.4 Å². The first-order valence-corrected chi connectivity index (χ1v) is 15.2. The van der Waals surface area contributed by atoms with E-state index in [2.05, 4.69) is 34.5 Å². The van der Waals surface area contributed by atoms with Gasteiger partial charge in [-0.1, -0.05) is 38.1 Å². The zero-order chi connectivity index (χ0) is 27.3. The maximum Gasteiger partial charge on any atom is 0.276 e. The predicted octanol–water partition coefficient (Wildman–Crippen LogP) is 5.35. The molecular formula is C28H39N5O4S. The second-order valence-corrected chi connectivity index (χ2v) is 14.6. The fourth-order valence-electron chi connectivity index (χ4n) is 5.77. The van der Waals surface area contributed by atoms with E-state index >= 15 is 0 Å². The van der Waals surface area contributed by atoms with Gasteiger partial charge in [0.15, 0.2) is 5.69 Å². The normalized spacial score (nSPS) is 20.9. The highest BCUT2D eigenvalue weighted by molar-refractivity contribution is 8.24. The van der Waals surface area contributed by atoms with Crippen molar-refractivity contribution in [3.05, 3.63) is 64.7 Å². The molecule has 10 heteroatoms. The van der Waals surface area contributed by atoms with E-state index in [0.717, 1.165) is 41.6 Å². The average Bonchev–Trinajstić information content (AvgIpc) is 3.46. The van der Waals surface area contributed by atoms with Crippen LogP contribution in [0.25, 0.3) is 0 Å². The monoisotopic (exact) mass is 541 g/mol. The van der Waals surface area contributed by atoms with E-state index in [-0.39, 0.29) is 23.3 Å². The molecule has 1 fully saturated rings. The van der Waals surface area contributed by atoms with E-state index in [1.54, 1.807) is 20.0 Å². The highest BCUT2D eigenvalue weighted by atomic mass is 32.3. The van der Waals surface area contributed by atoms with Crippen LogP contribution in [-0.4, -0.2) is 51.6 Å². The van der Waals surface area contributed by atoms with Crippen LogP contribution in [0, 0.1) is 11.3 Å². The minimum Gasteiger partial charge on any atom is -0.386 e. The number of carbonyl (C=O) groups is 1. The van der Waals surface area contributed by atoms with Gasteiger partial charge in [0.2, 0.25) is 0 Å². The van der Waals surface area contributed by atoms with E-state index < -0.39 is 16.2 Å². The first-order chi connectivity index (χ1) is 17.8. The maximum absolute atomic E-state index is 13.2. The first kappa shape index (κ1) is 26.9. The Hall–Kier alpha value is -2.66. The number of rotatable bonds is 6. The summed E-state index contributed by atoms with van der Waals surface area (Å²) in [6.07, 6.45) is 7.47. The predicted molar refractivity (Wildman–Crippen MR) is 150 cm³/mol. The third-order valence-electron chi connectivity index (χ3n) is 8.03. The van der Waals surface area contributed by atoms with E-state index in [1.165, 1.54) is 0 Å². The molecule has 1 amide bonds. The fourth-order valence-corrected chi connectivity index (χ4v) is 7.33. The van der Waals surface area contributed by atoms with Crippen molar-refractivity contribution < 1.29 is 19.0 Å². The Balaban J connectivity index is 1.41. The van der Waals surface area contributed by atoms with Gasteiger partial charge in [0.25, 0.3) is 5.91 Å². The van der Waals surface area contributed by atoms with E-state index in [4.69, 9.17) is 0 Å². The molecule has 1 aliphatic heterocycles. The molecule has 1 unspecified atom stereocenters. The van der Waals surface area contributed by atoms with Crippen molar-refractivity contribution in [2.24, 2.45) is 11.3 Å². The van der Waals surface area contributed by atoms with Gasteiger partial charge in [-0.25, -0.2) is 0 Å². The van der Waals surface area contributed by atoms with Crippen molar-refractivity contribution in [2.45, 2.75) is 71.4 Å². The number of nitrogens with one attached hydrogen (secondary N) is 2. The minimum absolute atomic E-state index is 0.122. The number of amides is 1. The second-order valence-electron chi connectivity index (χ2n) is 12.2. The molecule has 5 rings (SSSR count). The van der Waals surface area contributed by atoms with Crippen molar-refractivity contribution in [1.82, 2.24) is 20.0 Å². The van der Waals surface area contributed by atoms with Crippen molar-refractivity contribution >= 4 is 22.2 Å². The number of hydrogen-bond acceptors (Lipinski definition) is 6. The van der Waals surface area contributed by atoms with Crippen molar-refractivity contribution in [3.8, 4) is 0 Å².